The Bertz CT molecular complexity index is 216. The summed E-state index contributed by atoms with van der Waals surface area (Å²) in [5.74, 6) is -0.674. The molecule has 16 heavy (non-hydrogen) atoms. The number of aliphatic carboxylic acids is 1. The molecule has 0 saturated carbocycles. The van der Waals surface area contributed by atoms with Gasteiger partial charge in [0.2, 0.25) is 0 Å². The van der Waals surface area contributed by atoms with E-state index in [9.17, 15) is 9.59 Å². The molecule has 0 aliphatic rings. The number of carboxylic acids is 1. The molecule has 0 fully saturated rings. The molecule has 3 N–H and O–H groups in total. The van der Waals surface area contributed by atoms with E-state index in [2.05, 4.69) is 6.92 Å². The molecule has 0 aromatic heterocycles. The van der Waals surface area contributed by atoms with Crippen LogP contribution in [0.25, 0.3) is 0 Å². The van der Waals surface area contributed by atoms with Crippen LogP contribution in [0.4, 0.5) is 0 Å². The highest BCUT2D eigenvalue weighted by molar-refractivity contribution is 5.83. The molecule has 1 atom stereocenters. The molecule has 0 bridgehead atoms. The second-order valence-corrected chi connectivity index (χ2v) is 4.17. The summed E-state index contributed by atoms with van der Waals surface area (Å²) in [6, 6.07) is -0.398. The van der Waals surface area contributed by atoms with Crippen LogP contribution in [0.1, 0.15) is 58.3 Å². The number of ketones is 1. The van der Waals surface area contributed by atoms with Crippen molar-refractivity contribution in [2.24, 2.45) is 5.73 Å². The molecule has 94 valence electrons. The van der Waals surface area contributed by atoms with E-state index in [0.717, 1.165) is 19.3 Å². The number of carboxylic acid groups (broad SMARTS) is 1. The van der Waals surface area contributed by atoms with Crippen LogP contribution in [0.5, 0.6) is 0 Å². The smallest absolute Gasteiger partial charge is 0.303 e. The van der Waals surface area contributed by atoms with Gasteiger partial charge in [-0.3, -0.25) is 9.59 Å². The fourth-order valence-corrected chi connectivity index (χ4v) is 1.54. The minimum atomic E-state index is -0.789. The first kappa shape index (κ1) is 15.1. The van der Waals surface area contributed by atoms with Crippen LogP contribution in [0.15, 0.2) is 0 Å². The summed E-state index contributed by atoms with van der Waals surface area (Å²) in [6.45, 7) is 2.09. The molecule has 0 aliphatic heterocycles. The summed E-state index contributed by atoms with van der Waals surface area (Å²) in [5, 5.41) is 8.43. The lowest BCUT2D eigenvalue weighted by Gasteiger charge is -2.09. The molecule has 0 aromatic rings. The van der Waals surface area contributed by atoms with Crippen LogP contribution >= 0.6 is 0 Å². The first-order chi connectivity index (χ1) is 7.57. The summed E-state index contributed by atoms with van der Waals surface area (Å²) in [7, 11) is 0. The Morgan fingerprint density at radius 2 is 1.75 bits per heavy atom. The molecular weight excluding hydrogens is 206 g/mol. The van der Waals surface area contributed by atoms with Gasteiger partial charge < -0.3 is 10.8 Å². The van der Waals surface area contributed by atoms with E-state index in [1.165, 1.54) is 0 Å². The van der Waals surface area contributed by atoms with E-state index in [-0.39, 0.29) is 12.2 Å². The molecule has 0 radical (unpaired) electrons. The molecule has 0 heterocycles. The standard InChI is InChI=1S/C12H23NO3/c1-2-3-4-8-11(14)10(13)7-5-6-9-12(15)16/h10H,2-9,13H2,1H3,(H,15,16). The fraction of sp³-hybridized carbons (Fsp3) is 0.833. The molecule has 0 saturated heterocycles. The average Bonchev–Trinajstić information content (AvgIpc) is 2.24. The van der Waals surface area contributed by atoms with E-state index in [0.29, 0.717) is 25.7 Å². The van der Waals surface area contributed by atoms with Crippen molar-refractivity contribution in [3.63, 3.8) is 0 Å². The van der Waals surface area contributed by atoms with Gasteiger partial charge in [-0.15, -0.1) is 0 Å². The Hall–Kier alpha value is -0.900. The highest BCUT2D eigenvalue weighted by Gasteiger charge is 2.12. The summed E-state index contributed by atoms with van der Waals surface area (Å²) >= 11 is 0. The minimum absolute atomic E-state index is 0.115. The Kier molecular flexibility index (Phi) is 8.81. The van der Waals surface area contributed by atoms with Gasteiger partial charge in [-0.1, -0.05) is 26.2 Å². The van der Waals surface area contributed by atoms with Gasteiger partial charge in [0.15, 0.2) is 0 Å². The van der Waals surface area contributed by atoms with Gasteiger partial charge in [0.05, 0.1) is 6.04 Å². The first-order valence-corrected chi connectivity index (χ1v) is 6.08. The van der Waals surface area contributed by atoms with Gasteiger partial charge in [-0.2, -0.15) is 0 Å². The van der Waals surface area contributed by atoms with Crippen LogP contribution in [0.3, 0.4) is 0 Å². The lowest BCUT2D eigenvalue weighted by atomic mass is 10.0. The molecule has 0 amide bonds. The Labute approximate surface area is 97.2 Å². The van der Waals surface area contributed by atoms with Crippen LogP contribution in [0.2, 0.25) is 0 Å². The summed E-state index contributed by atoms with van der Waals surface area (Å²) < 4.78 is 0. The maximum atomic E-state index is 11.5. The third kappa shape index (κ3) is 8.41. The zero-order chi connectivity index (χ0) is 12.4. The van der Waals surface area contributed by atoms with Crippen molar-refractivity contribution in [2.45, 2.75) is 64.3 Å². The number of rotatable bonds is 10. The Morgan fingerprint density at radius 3 is 2.31 bits per heavy atom. The van der Waals surface area contributed by atoms with Crippen molar-refractivity contribution in [3.05, 3.63) is 0 Å². The molecule has 4 nitrogen and oxygen atoms in total. The Morgan fingerprint density at radius 1 is 1.12 bits per heavy atom. The van der Waals surface area contributed by atoms with Gasteiger partial charge in [0, 0.05) is 12.8 Å². The van der Waals surface area contributed by atoms with Crippen LogP contribution in [-0.4, -0.2) is 22.9 Å². The van der Waals surface area contributed by atoms with Crippen LogP contribution in [0, 0.1) is 0 Å². The van der Waals surface area contributed by atoms with E-state index >= 15 is 0 Å². The maximum Gasteiger partial charge on any atom is 0.303 e. The number of Topliss-reactive ketones (excluding diaryl/α,β-unsaturated/α-hetero) is 1. The van der Waals surface area contributed by atoms with Gasteiger partial charge in [0.25, 0.3) is 0 Å². The van der Waals surface area contributed by atoms with Crippen molar-refractivity contribution in [3.8, 4) is 0 Å². The van der Waals surface area contributed by atoms with E-state index in [1.54, 1.807) is 0 Å². The monoisotopic (exact) mass is 229 g/mol. The molecule has 0 rings (SSSR count). The maximum absolute atomic E-state index is 11.5. The van der Waals surface area contributed by atoms with Crippen LogP contribution < -0.4 is 5.73 Å². The summed E-state index contributed by atoms with van der Waals surface area (Å²) in [4.78, 5) is 21.8. The third-order valence-electron chi connectivity index (χ3n) is 2.60. The van der Waals surface area contributed by atoms with Crippen LogP contribution in [-0.2, 0) is 9.59 Å². The molecule has 0 aromatic carbocycles. The predicted octanol–water partition coefficient (Wildman–Crippen LogP) is 2.11. The molecule has 0 spiro atoms. The van der Waals surface area contributed by atoms with Gasteiger partial charge in [0.1, 0.15) is 5.78 Å². The number of carbonyl (C=O) groups excluding carboxylic acids is 1. The normalized spacial score (nSPS) is 12.4. The van der Waals surface area contributed by atoms with E-state index in [1.807, 2.05) is 0 Å². The second kappa shape index (κ2) is 9.33. The van der Waals surface area contributed by atoms with Crippen molar-refractivity contribution in [1.82, 2.24) is 0 Å². The third-order valence-corrected chi connectivity index (χ3v) is 2.60. The van der Waals surface area contributed by atoms with Crippen molar-refractivity contribution in [2.75, 3.05) is 0 Å². The largest absolute Gasteiger partial charge is 0.481 e. The second-order valence-electron chi connectivity index (χ2n) is 4.17. The summed E-state index contributed by atoms with van der Waals surface area (Å²) in [6.07, 6.45) is 5.73. The lowest BCUT2D eigenvalue weighted by molar-refractivity contribution is -0.137. The topological polar surface area (TPSA) is 80.4 Å². The van der Waals surface area contributed by atoms with E-state index < -0.39 is 12.0 Å². The number of carbonyl (C=O) groups is 2. The number of unbranched alkanes of at least 4 members (excludes halogenated alkanes) is 3. The predicted molar refractivity (Wildman–Crippen MR) is 63.2 cm³/mol. The average molecular weight is 229 g/mol. The lowest BCUT2D eigenvalue weighted by Crippen LogP contribution is -2.30. The van der Waals surface area contributed by atoms with Crippen molar-refractivity contribution in [1.29, 1.82) is 0 Å². The van der Waals surface area contributed by atoms with Gasteiger partial charge in [-0.25, -0.2) is 0 Å². The van der Waals surface area contributed by atoms with Crippen molar-refractivity contribution < 1.29 is 14.7 Å². The molecular formula is C12H23NO3. The van der Waals surface area contributed by atoms with Crippen molar-refractivity contribution >= 4 is 11.8 Å². The zero-order valence-electron chi connectivity index (χ0n) is 10.1. The molecule has 1 unspecified atom stereocenters. The molecule has 4 heteroatoms. The molecule has 0 aliphatic carbocycles. The highest BCUT2D eigenvalue weighted by atomic mass is 16.4. The van der Waals surface area contributed by atoms with Gasteiger partial charge >= 0.3 is 5.97 Å². The number of hydrogen-bond donors (Lipinski definition) is 2. The Balaban J connectivity index is 3.51. The first-order valence-electron chi connectivity index (χ1n) is 6.08. The quantitative estimate of drug-likeness (QED) is 0.562. The van der Waals surface area contributed by atoms with E-state index in [4.69, 9.17) is 10.8 Å². The zero-order valence-corrected chi connectivity index (χ0v) is 10.1. The SMILES string of the molecule is CCCCCC(=O)C(N)CCCCC(=O)O. The number of nitrogens with two attached hydrogens (primary N) is 1. The number of hydrogen-bond acceptors (Lipinski definition) is 3. The van der Waals surface area contributed by atoms with Gasteiger partial charge in [-0.05, 0) is 19.3 Å². The minimum Gasteiger partial charge on any atom is -0.481 e. The highest BCUT2D eigenvalue weighted by Crippen LogP contribution is 2.07. The summed E-state index contributed by atoms with van der Waals surface area (Å²) in [5.41, 5.74) is 5.72. The fourth-order valence-electron chi connectivity index (χ4n) is 1.54.